The lowest BCUT2D eigenvalue weighted by molar-refractivity contribution is -0.141. The third-order valence-corrected chi connectivity index (χ3v) is 4.28. The molecule has 23 heavy (non-hydrogen) atoms. The summed E-state index contributed by atoms with van der Waals surface area (Å²) in [5, 5.41) is 14.6. The maximum Gasteiger partial charge on any atom is 0.325 e. The minimum absolute atomic E-state index is 0. The molecule has 2 N–H and O–H groups in total. The van der Waals surface area contributed by atoms with Crippen LogP contribution in [0.4, 0.5) is 0 Å². The SMILES string of the molecule is C[C@H](NC(=O)Cc1csc(-c2ccc(Cl)cc2Cl)n1)C(=O)O.S. The summed E-state index contributed by atoms with van der Waals surface area (Å²) >= 11 is 13.3. The number of hydrogen-bond acceptors (Lipinski definition) is 4. The predicted octanol–water partition coefficient (Wildman–Crippen LogP) is 3.36. The van der Waals surface area contributed by atoms with Crippen molar-refractivity contribution >= 4 is 59.9 Å². The Hall–Kier alpha value is -1.28. The predicted molar refractivity (Wildman–Crippen MR) is 96.9 cm³/mol. The molecular weight excluding hydrogens is 379 g/mol. The Balaban J connectivity index is 0.00000264. The minimum atomic E-state index is -1.08. The third kappa shape index (κ3) is 5.39. The number of nitrogens with one attached hydrogen (secondary N) is 1. The van der Waals surface area contributed by atoms with Crippen LogP contribution in [0.15, 0.2) is 23.6 Å². The topological polar surface area (TPSA) is 79.3 Å². The highest BCUT2D eigenvalue weighted by atomic mass is 35.5. The molecular formula is C14H14Cl2N2O3S2. The molecule has 0 unspecified atom stereocenters. The Kier molecular flexibility index (Phi) is 7.34. The molecule has 0 spiro atoms. The zero-order chi connectivity index (χ0) is 16.3. The van der Waals surface area contributed by atoms with Crippen molar-refractivity contribution in [2.75, 3.05) is 0 Å². The molecule has 0 aliphatic rings. The number of nitrogens with zero attached hydrogens (tertiary/aromatic N) is 1. The molecule has 0 radical (unpaired) electrons. The van der Waals surface area contributed by atoms with Crippen molar-refractivity contribution in [1.82, 2.24) is 10.3 Å². The number of aliphatic carboxylic acids is 1. The summed E-state index contributed by atoms with van der Waals surface area (Å²) in [6, 6.07) is 4.17. The van der Waals surface area contributed by atoms with E-state index in [0.717, 1.165) is 5.56 Å². The van der Waals surface area contributed by atoms with Crippen molar-refractivity contribution in [1.29, 1.82) is 0 Å². The van der Waals surface area contributed by atoms with Gasteiger partial charge in [-0.2, -0.15) is 13.5 Å². The highest BCUT2D eigenvalue weighted by Crippen LogP contribution is 2.32. The van der Waals surface area contributed by atoms with E-state index in [9.17, 15) is 9.59 Å². The summed E-state index contributed by atoms with van der Waals surface area (Å²) in [5.41, 5.74) is 1.29. The second-order valence-electron chi connectivity index (χ2n) is 4.57. The zero-order valence-electron chi connectivity index (χ0n) is 12.0. The molecule has 2 rings (SSSR count). The van der Waals surface area contributed by atoms with Gasteiger partial charge in [-0.3, -0.25) is 9.59 Å². The normalized spacial score (nSPS) is 11.4. The lowest BCUT2D eigenvalue weighted by Crippen LogP contribution is -2.39. The summed E-state index contributed by atoms with van der Waals surface area (Å²) < 4.78 is 0. The first-order chi connectivity index (χ1) is 10.4. The number of carboxylic acid groups (broad SMARTS) is 1. The standard InChI is InChI=1S/C14H12Cl2N2O3S.H2S/c1-7(14(20)21)17-12(19)5-9-6-22-13(18-9)10-3-2-8(15)4-11(10)16;/h2-4,6-7H,5H2,1H3,(H,17,19)(H,20,21);1H2/t7-;/m0./s1. The van der Waals surface area contributed by atoms with Gasteiger partial charge in [-0.25, -0.2) is 4.98 Å². The second-order valence-corrected chi connectivity index (χ2v) is 6.27. The Morgan fingerprint density at radius 2 is 2.09 bits per heavy atom. The van der Waals surface area contributed by atoms with Gasteiger partial charge in [0.1, 0.15) is 11.0 Å². The molecule has 5 nitrogen and oxygen atoms in total. The van der Waals surface area contributed by atoms with Crippen LogP contribution in [-0.4, -0.2) is 28.0 Å². The molecule has 0 fully saturated rings. The third-order valence-electron chi connectivity index (χ3n) is 2.80. The van der Waals surface area contributed by atoms with Crippen LogP contribution < -0.4 is 5.32 Å². The molecule has 0 aliphatic carbocycles. The first kappa shape index (κ1) is 19.8. The Morgan fingerprint density at radius 3 is 2.70 bits per heavy atom. The maximum atomic E-state index is 11.7. The number of carbonyl (C=O) groups excluding carboxylic acids is 1. The van der Waals surface area contributed by atoms with E-state index in [4.69, 9.17) is 28.3 Å². The fraction of sp³-hybridized carbons (Fsp3) is 0.214. The molecule has 1 aromatic carbocycles. The Labute approximate surface area is 154 Å². The van der Waals surface area contributed by atoms with Crippen LogP contribution >= 0.6 is 48.0 Å². The molecule has 0 saturated carbocycles. The van der Waals surface area contributed by atoms with Gasteiger partial charge < -0.3 is 10.4 Å². The van der Waals surface area contributed by atoms with Crippen LogP contribution in [0.3, 0.4) is 0 Å². The monoisotopic (exact) mass is 392 g/mol. The number of amides is 1. The van der Waals surface area contributed by atoms with Gasteiger partial charge in [0, 0.05) is 16.0 Å². The zero-order valence-corrected chi connectivity index (χ0v) is 15.3. The fourth-order valence-corrected chi connectivity index (χ4v) is 3.11. The molecule has 1 atom stereocenters. The van der Waals surface area contributed by atoms with E-state index in [1.807, 2.05) is 0 Å². The smallest absolute Gasteiger partial charge is 0.325 e. The van der Waals surface area contributed by atoms with E-state index in [1.54, 1.807) is 23.6 Å². The first-order valence-electron chi connectivity index (χ1n) is 6.29. The molecule has 0 saturated heterocycles. The number of aromatic nitrogens is 1. The van der Waals surface area contributed by atoms with Crippen molar-refractivity contribution in [3.05, 3.63) is 39.3 Å². The average molecular weight is 393 g/mol. The van der Waals surface area contributed by atoms with Crippen LogP contribution in [0.2, 0.25) is 10.0 Å². The van der Waals surface area contributed by atoms with Crippen LogP contribution in [0.25, 0.3) is 10.6 Å². The van der Waals surface area contributed by atoms with E-state index in [-0.39, 0.29) is 19.9 Å². The maximum absolute atomic E-state index is 11.7. The van der Waals surface area contributed by atoms with Crippen LogP contribution in [0.1, 0.15) is 12.6 Å². The molecule has 2 aromatic rings. The summed E-state index contributed by atoms with van der Waals surface area (Å²) in [6.07, 6.45) is 0.0132. The molecule has 1 amide bonds. The van der Waals surface area contributed by atoms with Gasteiger partial charge >= 0.3 is 5.97 Å². The van der Waals surface area contributed by atoms with Gasteiger partial charge in [0.15, 0.2) is 0 Å². The second kappa shape index (κ2) is 8.54. The van der Waals surface area contributed by atoms with Gasteiger partial charge in [-0.1, -0.05) is 23.2 Å². The summed E-state index contributed by atoms with van der Waals surface area (Å²) in [6.45, 7) is 1.40. The Morgan fingerprint density at radius 1 is 1.39 bits per heavy atom. The summed E-state index contributed by atoms with van der Waals surface area (Å²) in [7, 11) is 0. The van der Waals surface area contributed by atoms with Crippen molar-refractivity contribution in [2.24, 2.45) is 0 Å². The largest absolute Gasteiger partial charge is 0.480 e. The van der Waals surface area contributed by atoms with E-state index in [1.165, 1.54) is 18.3 Å². The van der Waals surface area contributed by atoms with Gasteiger partial charge in [-0.05, 0) is 25.1 Å². The summed E-state index contributed by atoms with van der Waals surface area (Å²) in [4.78, 5) is 26.8. The van der Waals surface area contributed by atoms with Gasteiger partial charge in [-0.15, -0.1) is 11.3 Å². The van der Waals surface area contributed by atoms with Crippen molar-refractivity contribution in [3.8, 4) is 10.6 Å². The van der Waals surface area contributed by atoms with Gasteiger partial charge in [0.25, 0.3) is 0 Å². The number of thiazole rings is 1. The van der Waals surface area contributed by atoms with E-state index < -0.39 is 17.9 Å². The molecule has 9 heteroatoms. The van der Waals surface area contributed by atoms with Crippen molar-refractivity contribution in [3.63, 3.8) is 0 Å². The number of benzene rings is 1. The van der Waals surface area contributed by atoms with Crippen LogP contribution in [0.5, 0.6) is 0 Å². The van der Waals surface area contributed by atoms with Gasteiger partial charge in [0.05, 0.1) is 17.1 Å². The van der Waals surface area contributed by atoms with E-state index >= 15 is 0 Å². The highest BCUT2D eigenvalue weighted by molar-refractivity contribution is 7.59. The number of halogens is 2. The fourth-order valence-electron chi connectivity index (χ4n) is 1.69. The van der Waals surface area contributed by atoms with Crippen molar-refractivity contribution in [2.45, 2.75) is 19.4 Å². The number of hydrogen-bond donors (Lipinski definition) is 2. The van der Waals surface area contributed by atoms with Crippen LogP contribution in [0, 0.1) is 0 Å². The molecule has 0 aliphatic heterocycles. The quantitative estimate of drug-likeness (QED) is 0.817. The number of carboxylic acids is 1. The molecule has 0 bridgehead atoms. The minimum Gasteiger partial charge on any atom is -0.480 e. The highest BCUT2D eigenvalue weighted by Gasteiger charge is 2.16. The Bertz CT molecular complexity index is 722. The summed E-state index contributed by atoms with van der Waals surface area (Å²) in [5.74, 6) is -1.48. The molecule has 124 valence electrons. The van der Waals surface area contributed by atoms with E-state index in [2.05, 4.69) is 10.3 Å². The number of carbonyl (C=O) groups is 2. The van der Waals surface area contributed by atoms with E-state index in [0.29, 0.717) is 20.7 Å². The van der Waals surface area contributed by atoms with Crippen molar-refractivity contribution < 1.29 is 14.7 Å². The lowest BCUT2D eigenvalue weighted by atomic mass is 10.2. The van der Waals surface area contributed by atoms with Gasteiger partial charge in [0.2, 0.25) is 5.91 Å². The van der Waals surface area contributed by atoms with Crippen LogP contribution in [-0.2, 0) is 16.0 Å². The number of rotatable bonds is 5. The first-order valence-corrected chi connectivity index (χ1v) is 7.92. The molecule has 1 heterocycles. The molecule has 1 aromatic heterocycles. The lowest BCUT2D eigenvalue weighted by Gasteiger charge is -2.07. The average Bonchev–Trinajstić information content (AvgIpc) is 2.86.